The summed E-state index contributed by atoms with van der Waals surface area (Å²) < 4.78 is 42.3. The van der Waals surface area contributed by atoms with Crippen LogP contribution in [0.25, 0.3) is 11.1 Å². The van der Waals surface area contributed by atoms with Crippen LogP contribution in [0, 0.1) is 0 Å². The Morgan fingerprint density at radius 1 is 1.00 bits per heavy atom. The fourth-order valence-electron chi connectivity index (χ4n) is 3.72. The molecule has 31 heavy (non-hydrogen) atoms. The molecule has 1 aliphatic rings. The summed E-state index contributed by atoms with van der Waals surface area (Å²) in [7, 11) is 0. The van der Waals surface area contributed by atoms with Crippen LogP contribution in [0.1, 0.15) is 36.3 Å². The van der Waals surface area contributed by atoms with E-state index >= 15 is 0 Å². The summed E-state index contributed by atoms with van der Waals surface area (Å²) in [5.74, 6) is -1.60. The number of aliphatic carboxylic acids is 1. The summed E-state index contributed by atoms with van der Waals surface area (Å²) in [6, 6.07) is 14.0. The van der Waals surface area contributed by atoms with E-state index in [1.54, 1.807) is 0 Å². The Kier molecular flexibility index (Phi) is 6.84. The molecule has 0 bridgehead atoms. The predicted octanol–water partition coefficient (Wildman–Crippen LogP) is 4.07. The van der Waals surface area contributed by atoms with Crippen molar-refractivity contribution in [1.82, 2.24) is 5.32 Å². The first-order valence-corrected chi connectivity index (χ1v) is 9.77. The first-order chi connectivity index (χ1) is 14.7. The van der Waals surface area contributed by atoms with E-state index in [2.05, 4.69) is 5.32 Å². The molecule has 0 saturated carbocycles. The van der Waals surface area contributed by atoms with E-state index < -0.39 is 36.8 Å². The molecule has 1 aliphatic carbocycles. The largest absolute Gasteiger partial charge is 0.480 e. The summed E-state index contributed by atoms with van der Waals surface area (Å²) >= 11 is 0. The van der Waals surface area contributed by atoms with Gasteiger partial charge in [-0.2, -0.15) is 13.2 Å². The highest BCUT2D eigenvalue weighted by molar-refractivity contribution is 5.81. The van der Waals surface area contributed by atoms with Crippen LogP contribution in [-0.4, -0.2) is 47.2 Å². The van der Waals surface area contributed by atoms with Crippen molar-refractivity contribution in [3.8, 4) is 11.1 Å². The van der Waals surface area contributed by atoms with Gasteiger partial charge >= 0.3 is 18.2 Å². The van der Waals surface area contributed by atoms with Crippen molar-refractivity contribution in [1.29, 1.82) is 0 Å². The van der Waals surface area contributed by atoms with Crippen LogP contribution in [0.3, 0.4) is 0 Å². The Hall–Kier alpha value is -3.07. The van der Waals surface area contributed by atoms with Gasteiger partial charge in [-0.05, 0) is 41.5 Å². The molecule has 0 radical (unpaired) electrons. The SMILES string of the molecule is O=C(NC(CCCC(O)C(F)(F)F)C(=O)O)OCC1c2ccccc2-c2ccccc21. The molecule has 9 heteroatoms. The molecule has 0 fully saturated rings. The third kappa shape index (κ3) is 5.35. The smallest absolute Gasteiger partial charge is 0.414 e. The fourth-order valence-corrected chi connectivity index (χ4v) is 3.72. The molecule has 1 amide bonds. The molecule has 0 spiro atoms. The number of rotatable bonds is 8. The molecule has 0 aromatic heterocycles. The van der Waals surface area contributed by atoms with Crippen LogP contribution in [0.2, 0.25) is 0 Å². The molecule has 3 rings (SSSR count). The van der Waals surface area contributed by atoms with Gasteiger partial charge in [0.2, 0.25) is 0 Å². The molecule has 2 aromatic carbocycles. The number of aliphatic hydroxyl groups is 1. The Morgan fingerprint density at radius 3 is 2.06 bits per heavy atom. The lowest BCUT2D eigenvalue weighted by Gasteiger charge is -2.18. The molecule has 2 atom stereocenters. The number of ether oxygens (including phenoxy) is 1. The Labute approximate surface area is 176 Å². The van der Waals surface area contributed by atoms with E-state index in [1.807, 2.05) is 48.5 Å². The van der Waals surface area contributed by atoms with Gasteiger partial charge in [0.25, 0.3) is 0 Å². The van der Waals surface area contributed by atoms with Crippen LogP contribution in [0.5, 0.6) is 0 Å². The van der Waals surface area contributed by atoms with E-state index in [1.165, 1.54) is 0 Å². The Bertz CT molecular complexity index is 901. The number of carboxylic acids is 1. The zero-order chi connectivity index (χ0) is 22.6. The van der Waals surface area contributed by atoms with Gasteiger partial charge in [0.15, 0.2) is 0 Å². The fraction of sp³-hybridized carbons (Fsp3) is 0.364. The maximum Gasteiger partial charge on any atom is 0.414 e. The van der Waals surface area contributed by atoms with Gasteiger partial charge in [0.1, 0.15) is 18.8 Å². The maximum atomic E-state index is 12.3. The number of fused-ring (bicyclic) bond motifs is 3. The van der Waals surface area contributed by atoms with Gasteiger partial charge in [-0.3, -0.25) is 0 Å². The summed E-state index contributed by atoms with van der Waals surface area (Å²) in [6.45, 7) is -0.0149. The summed E-state index contributed by atoms with van der Waals surface area (Å²) in [5.41, 5.74) is 4.07. The molecule has 0 aliphatic heterocycles. The van der Waals surface area contributed by atoms with Crippen molar-refractivity contribution < 1.29 is 37.7 Å². The number of hydrogen-bond acceptors (Lipinski definition) is 4. The summed E-state index contributed by atoms with van der Waals surface area (Å²) in [5, 5.41) is 20.4. The number of carboxylic acid groups (broad SMARTS) is 1. The molecule has 166 valence electrons. The third-order valence-corrected chi connectivity index (χ3v) is 5.28. The molecule has 3 N–H and O–H groups in total. The molecule has 0 saturated heterocycles. The number of amides is 1. The molecule has 0 heterocycles. The number of alkyl carbamates (subject to hydrolysis) is 1. The van der Waals surface area contributed by atoms with Gasteiger partial charge in [-0.1, -0.05) is 48.5 Å². The number of carbonyl (C=O) groups excluding carboxylic acids is 1. The minimum atomic E-state index is -4.76. The van der Waals surface area contributed by atoms with Crippen molar-refractivity contribution in [3.05, 3.63) is 59.7 Å². The monoisotopic (exact) mass is 437 g/mol. The van der Waals surface area contributed by atoms with Gasteiger partial charge in [0, 0.05) is 5.92 Å². The third-order valence-electron chi connectivity index (χ3n) is 5.28. The van der Waals surface area contributed by atoms with E-state index in [4.69, 9.17) is 9.84 Å². The number of alkyl halides is 3. The number of nitrogens with one attached hydrogen (secondary N) is 1. The van der Waals surface area contributed by atoms with Gasteiger partial charge < -0.3 is 20.3 Å². The van der Waals surface area contributed by atoms with Gasteiger partial charge in [-0.15, -0.1) is 0 Å². The van der Waals surface area contributed by atoms with Crippen molar-refractivity contribution in [2.45, 2.75) is 43.5 Å². The minimum Gasteiger partial charge on any atom is -0.480 e. The van der Waals surface area contributed by atoms with Crippen LogP contribution in [-0.2, 0) is 9.53 Å². The lowest BCUT2D eigenvalue weighted by Crippen LogP contribution is -2.41. The average molecular weight is 437 g/mol. The van der Waals surface area contributed by atoms with Crippen LogP contribution in [0.4, 0.5) is 18.0 Å². The zero-order valence-electron chi connectivity index (χ0n) is 16.4. The highest BCUT2D eigenvalue weighted by Gasteiger charge is 2.37. The second kappa shape index (κ2) is 9.38. The molecular weight excluding hydrogens is 415 g/mol. The quantitative estimate of drug-likeness (QED) is 0.579. The first-order valence-electron chi connectivity index (χ1n) is 9.77. The summed E-state index contributed by atoms with van der Waals surface area (Å²) in [6.07, 6.45) is -9.42. The topological polar surface area (TPSA) is 95.9 Å². The van der Waals surface area contributed by atoms with Gasteiger partial charge in [-0.25, -0.2) is 9.59 Å². The Balaban J connectivity index is 1.57. The van der Waals surface area contributed by atoms with E-state index in [0.29, 0.717) is 0 Å². The number of benzene rings is 2. The normalized spacial score (nSPS) is 15.0. The number of halogens is 3. The first kappa shape index (κ1) is 22.6. The Morgan fingerprint density at radius 2 is 1.55 bits per heavy atom. The van der Waals surface area contributed by atoms with Crippen molar-refractivity contribution >= 4 is 12.1 Å². The molecular formula is C22H22F3NO5. The van der Waals surface area contributed by atoms with E-state index in [-0.39, 0.29) is 25.4 Å². The lowest BCUT2D eigenvalue weighted by molar-refractivity contribution is -0.205. The highest BCUT2D eigenvalue weighted by Crippen LogP contribution is 2.44. The van der Waals surface area contributed by atoms with Gasteiger partial charge in [0.05, 0.1) is 0 Å². The van der Waals surface area contributed by atoms with Crippen LogP contribution < -0.4 is 5.32 Å². The average Bonchev–Trinajstić information content (AvgIpc) is 3.04. The van der Waals surface area contributed by atoms with E-state index in [9.17, 15) is 27.9 Å². The lowest BCUT2D eigenvalue weighted by atomic mass is 9.98. The zero-order valence-corrected chi connectivity index (χ0v) is 16.4. The molecule has 6 nitrogen and oxygen atoms in total. The van der Waals surface area contributed by atoms with Crippen molar-refractivity contribution in [3.63, 3.8) is 0 Å². The van der Waals surface area contributed by atoms with Crippen LogP contribution >= 0.6 is 0 Å². The molecule has 2 aromatic rings. The standard InChI is InChI=1S/C22H22F3NO5/c23-22(24,25)19(27)11-5-10-18(20(28)29)26-21(30)31-12-17-15-8-3-1-6-13(15)14-7-2-4-9-16(14)17/h1-4,6-9,17-19,27H,5,10-12H2,(H,26,30)(H,28,29). The second-order valence-corrected chi connectivity index (χ2v) is 7.35. The van der Waals surface area contributed by atoms with Crippen LogP contribution in [0.15, 0.2) is 48.5 Å². The number of aliphatic hydroxyl groups excluding tert-OH is 1. The predicted molar refractivity (Wildman–Crippen MR) is 106 cm³/mol. The summed E-state index contributed by atoms with van der Waals surface area (Å²) in [4.78, 5) is 23.5. The van der Waals surface area contributed by atoms with Crippen molar-refractivity contribution in [2.24, 2.45) is 0 Å². The second-order valence-electron chi connectivity index (χ2n) is 7.35. The minimum absolute atomic E-state index is 0.0149. The number of hydrogen-bond donors (Lipinski definition) is 3. The maximum absolute atomic E-state index is 12.3. The molecule has 2 unspecified atom stereocenters. The number of carbonyl (C=O) groups is 2. The van der Waals surface area contributed by atoms with E-state index in [0.717, 1.165) is 22.3 Å². The highest BCUT2D eigenvalue weighted by atomic mass is 19.4. The van der Waals surface area contributed by atoms with Crippen molar-refractivity contribution in [2.75, 3.05) is 6.61 Å².